The van der Waals surface area contributed by atoms with Crippen LogP contribution in [0.15, 0.2) is 0 Å². The van der Waals surface area contributed by atoms with Gasteiger partial charge in [0.25, 0.3) is 0 Å². The van der Waals surface area contributed by atoms with E-state index >= 15 is 0 Å². The first-order chi connectivity index (χ1) is 6.58. The molecule has 1 fully saturated rings. The molecule has 3 N–H and O–H groups in total. The molecule has 0 aromatic carbocycles. The highest BCUT2D eigenvalue weighted by atomic mass is 16.1. The second-order valence-corrected chi connectivity index (χ2v) is 4.48. The summed E-state index contributed by atoms with van der Waals surface area (Å²) in [5.41, 5.74) is 5.79. The van der Waals surface area contributed by atoms with Crippen LogP contribution in [0.5, 0.6) is 0 Å². The lowest BCUT2D eigenvalue weighted by Gasteiger charge is -2.13. The minimum absolute atomic E-state index is 0.107. The van der Waals surface area contributed by atoms with Crippen molar-refractivity contribution in [2.75, 3.05) is 27.2 Å². The Morgan fingerprint density at radius 2 is 2.21 bits per heavy atom. The van der Waals surface area contributed by atoms with E-state index in [-0.39, 0.29) is 5.91 Å². The van der Waals surface area contributed by atoms with E-state index in [9.17, 15) is 4.79 Å². The maximum atomic E-state index is 11.3. The molecule has 0 radical (unpaired) electrons. The summed E-state index contributed by atoms with van der Waals surface area (Å²) in [6, 6.07) is 0.353. The third kappa shape index (κ3) is 4.07. The molecule has 1 aliphatic carbocycles. The molecule has 0 aromatic rings. The summed E-state index contributed by atoms with van der Waals surface area (Å²) >= 11 is 0. The Bertz CT molecular complexity index is 194. The van der Waals surface area contributed by atoms with Crippen LogP contribution in [0.4, 0.5) is 0 Å². The van der Waals surface area contributed by atoms with Crippen molar-refractivity contribution in [3.8, 4) is 0 Å². The van der Waals surface area contributed by atoms with Crippen LogP contribution in [0, 0.1) is 5.92 Å². The van der Waals surface area contributed by atoms with Crippen LogP contribution in [0.2, 0.25) is 0 Å². The second-order valence-electron chi connectivity index (χ2n) is 4.48. The van der Waals surface area contributed by atoms with Gasteiger partial charge in [-0.25, -0.2) is 0 Å². The Kier molecular flexibility index (Phi) is 4.35. The molecule has 1 aliphatic rings. The number of carbonyl (C=O) groups excluding carboxylic acids is 1. The first-order valence-electron chi connectivity index (χ1n) is 5.25. The summed E-state index contributed by atoms with van der Waals surface area (Å²) in [7, 11) is 3.79. The third-order valence-corrected chi connectivity index (χ3v) is 2.63. The van der Waals surface area contributed by atoms with E-state index in [0.717, 1.165) is 25.8 Å². The second kappa shape index (κ2) is 5.32. The van der Waals surface area contributed by atoms with Crippen molar-refractivity contribution >= 4 is 5.91 Å². The lowest BCUT2D eigenvalue weighted by atomic mass is 10.1. The lowest BCUT2D eigenvalue weighted by Crippen LogP contribution is -2.36. The van der Waals surface area contributed by atoms with Crippen molar-refractivity contribution in [2.24, 2.45) is 11.7 Å². The van der Waals surface area contributed by atoms with Crippen LogP contribution in [-0.2, 0) is 4.79 Å². The third-order valence-electron chi connectivity index (χ3n) is 2.63. The number of hydrogen-bond acceptors (Lipinski definition) is 3. The number of rotatable bonds is 4. The van der Waals surface area contributed by atoms with Crippen LogP contribution in [0.3, 0.4) is 0 Å². The van der Waals surface area contributed by atoms with Crippen LogP contribution in [-0.4, -0.2) is 44.0 Å². The minimum atomic E-state index is 0.107. The Balaban J connectivity index is 2.11. The summed E-state index contributed by atoms with van der Waals surface area (Å²) in [4.78, 5) is 13.2. The van der Waals surface area contributed by atoms with E-state index in [2.05, 4.69) is 5.32 Å². The van der Waals surface area contributed by atoms with Gasteiger partial charge in [0.15, 0.2) is 0 Å². The smallest absolute Gasteiger partial charge is 0.234 e. The molecule has 0 bridgehead atoms. The van der Waals surface area contributed by atoms with Gasteiger partial charge in [0.2, 0.25) is 5.91 Å². The Morgan fingerprint density at radius 3 is 2.71 bits per heavy atom. The van der Waals surface area contributed by atoms with E-state index in [1.54, 1.807) is 0 Å². The Morgan fingerprint density at radius 1 is 1.50 bits per heavy atom. The Hall–Kier alpha value is -0.610. The highest BCUT2D eigenvalue weighted by Crippen LogP contribution is 2.22. The zero-order chi connectivity index (χ0) is 10.6. The van der Waals surface area contributed by atoms with Gasteiger partial charge in [0, 0.05) is 12.6 Å². The predicted molar refractivity (Wildman–Crippen MR) is 56.9 cm³/mol. The monoisotopic (exact) mass is 199 g/mol. The molecule has 82 valence electrons. The van der Waals surface area contributed by atoms with Gasteiger partial charge < -0.3 is 16.0 Å². The summed E-state index contributed by atoms with van der Waals surface area (Å²) < 4.78 is 0. The minimum Gasteiger partial charge on any atom is -0.355 e. The highest BCUT2D eigenvalue weighted by Gasteiger charge is 2.21. The highest BCUT2D eigenvalue weighted by molar-refractivity contribution is 5.77. The average Bonchev–Trinajstić information content (AvgIpc) is 2.47. The molecule has 4 nitrogen and oxygen atoms in total. The molecule has 0 unspecified atom stereocenters. The molecule has 0 spiro atoms. The zero-order valence-corrected chi connectivity index (χ0v) is 9.12. The quantitative estimate of drug-likeness (QED) is 0.659. The number of likely N-dealkylation sites (N-methyl/N-ethyl adjacent to an activating group) is 1. The van der Waals surface area contributed by atoms with Gasteiger partial charge in [-0.1, -0.05) is 0 Å². The lowest BCUT2D eigenvalue weighted by molar-refractivity contribution is -0.121. The van der Waals surface area contributed by atoms with Crippen LogP contribution in [0.25, 0.3) is 0 Å². The fourth-order valence-electron chi connectivity index (χ4n) is 1.90. The van der Waals surface area contributed by atoms with Crippen molar-refractivity contribution in [3.63, 3.8) is 0 Å². The standard InChI is InChI=1S/C10H21N3O/c1-13(2)7-10(14)12-6-8-3-4-9(11)5-8/h8-9H,3-7,11H2,1-2H3,(H,12,14)/t8-,9+/m1/s1. The van der Waals surface area contributed by atoms with E-state index in [1.165, 1.54) is 0 Å². The molecule has 1 amide bonds. The molecule has 0 aliphatic heterocycles. The number of hydrogen-bond donors (Lipinski definition) is 2. The van der Waals surface area contributed by atoms with E-state index in [0.29, 0.717) is 18.5 Å². The SMILES string of the molecule is CN(C)CC(=O)NC[C@@H]1CC[C@H](N)C1. The predicted octanol–water partition coefficient (Wildman–Crippen LogP) is -0.208. The van der Waals surface area contributed by atoms with Crippen LogP contribution >= 0.6 is 0 Å². The molecular formula is C10H21N3O. The zero-order valence-electron chi connectivity index (χ0n) is 9.12. The number of nitrogens with zero attached hydrogens (tertiary/aromatic N) is 1. The number of amides is 1. The fraction of sp³-hybridized carbons (Fsp3) is 0.900. The van der Waals surface area contributed by atoms with Crippen molar-refractivity contribution in [1.82, 2.24) is 10.2 Å². The normalized spacial score (nSPS) is 26.9. The fourth-order valence-corrected chi connectivity index (χ4v) is 1.90. The maximum Gasteiger partial charge on any atom is 0.234 e. The van der Waals surface area contributed by atoms with E-state index in [4.69, 9.17) is 5.73 Å². The van der Waals surface area contributed by atoms with Crippen molar-refractivity contribution in [2.45, 2.75) is 25.3 Å². The van der Waals surface area contributed by atoms with Gasteiger partial charge in [-0.2, -0.15) is 0 Å². The van der Waals surface area contributed by atoms with Crippen LogP contribution in [0.1, 0.15) is 19.3 Å². The van der Waals surface area contributed by atoms with Gasteiger partial charge in [-0.3, -0.25) is 4.79 Å². The number of nitrogens with two attached hydrogens (primary N) is 1. The molecule has 0 heterocycles. The van der Waals surface area contributed by atoms with Gasteiger partial charge in [0.05, 0.1) is 6.54 Å². The largest absolute Gasteiger partial charge is 0.355 e. The van der Waals surface area contributed by atoms with Gasteiger partial charge in [-0.15, -0.1) is 0 Å². The van der Waals surface area contributed by atoms with Gasteiger partial charge in [-0.05, 0) is 39.3 Å². The van der Waals surface area contributed by atoms with Crippen molar-refractivity contribution < 1.29 is 4.79 Å². The molecule has 1 rings (SSSR count). The maximum absolute atomic E-state index is 11.3. The molecule has 0 saturated heterocycles. The first kappa shape index (κ1) is 11.5. The number of carbonyl (C=O) groups is 1. The molecule has 4 heteroatoms. The van der Waals surface area contributed by atoms with Crippen molar-refractivity contribution in [3.05, 3.63) is 0 Å². The first-order valence-corrected chi connectivity index (χ1v) is 5.25. The molecule has 2 atom stereocenters. The van der Waals surface area contributed by atoms with Crippen LogP contribution < -0.4 is 11.1 Å². The summed E-state index contributed by atoms with van der Waals surface area (Å²) in [6.07, 6.45) is 3.32. The van der Waals surface area contributed by atoms with Gasteiger partial charge in [0.1, 0.15) is 0 Å². The van der Waals surface area contributed by atoms with E-state index < -0.39 is 0 Å². The van der Waals surface area contributed by atoms with E-state index in [1.807, 2.05) is 19.0 Å². The van der Waals surface area contributed by atoms with Gasteiger partial charge >= 0.3 is 0 Å². The summed E-state index contributed by atoms with van der Waals surface area (Å²) in [5, 5.41) is 2.94. The summed E-state index contributed by atoms with van der Waals surface area (Å²) in [5.74, 6) is 0.701. The molecule has 1 saturated carbocycles. The van der Waals surface area contributed by atoms with Crippen molar-refractivity contribution in [1.29, 1.82) is 0 Å². The molecule has 0 aromatic heterocycles. The summed E-state index contributed by atoms with van der Waals surface area (Å²) in [6.45, 7) is 1.26. The molecule has 14 heavy (non-hydrogen) atoms. The average molecular weight is 199 g/mol. The molecular weight excluding hydrogens is 178 g/mol. The Labute approximate surface area is 85.8 Å². The number of nitrogens with one attached hydrogen (secondary N) is 1. The topological polar surface area (TPSA) is 58.4 Å².